The quantitative estimate of drug-likeness (QED) is 0.0984. The molecule has 0 aliphatic heterocycles. The Bertz CT molecular complexity index is 9210. The Kier molecular flexibility index (Phi) is 21.7. The minimum atomic E-state index is 0.642. The summed E-state index contributed by atoms with van der Waals surface area (Å²) in [5.74, 6) is 5.85. The third-order valence-electron chi connectivity index (χ3n) is 26.5. The Labute approximate surface area is 813 Å². The van der Waals surface area contributed by atoms with Crippen LogP contribution in [0, 0.1) is 0 Å². The number of rotatable bonds is 15. The molecule has 0 saturated carbocycles. The summed E-state index contributed by atoms with van der Waals surface area (Å²) in [6.07, 6.45) is 0. The lowest BCUT2D eigenvalue weighted by molar-refractivity contribution is 1.07. The van der Waals surface area contributed by atoms with Gasteiger partial charge in [-0.15, -0.1) is 0 Å². The Balaban J connectivity index is 0.000000111. The predicted octanol–water partition coefficient (Wildman–Crippen LogP) is 32.4. The summed E-state index contributed by atoms with van der Waals surface area (Å²) < 4.78 is 7.19. The minimum Gasteiger partial charge on any atom is -0.309 e. The van der Waals surface area contributed by atoms with Crippen molar-refractivity contribution in [1.82, 2.24) is 58.6 Å². The molecule has 0 aliphatic rings. The van der Waals surface area contributed by atoms with Gasteiger partial charge in [-0.05, 0) is 140 Å². The Morgan fingerprint density at radius 3 is 0.801 bits per heavy atom. The second-order valence-electron chi connectivity index (χ2n) is 35.0. The molecule has 0 N–H and O–H groups in total. The van der Waals surface area contributed by atoms with E-state index >= 15 is 0 Å². The second-order valence-corrected chi connectivity index (χ2v) is 35.0. The van der Waals surface area contributed by atoms with Gasteiger partial charge in [0.25, 0.3) is 0 Å². The fourth-order valence-electron chi connectivity index (χ4n) is 19.9. The van der Waals surface area contributed by atoms with E-state index in [4.69, 9.17) is 44.9 Å². The van der Waals surface area contributed by atoms with Gasteiger partial charge in [-0.3, -0.25) is 0 Å². The maximum atomic E-state index is 5.00. The third-order valence-corrected chi connectivity index (χ3v) is 26.5. The number of nitrogens with zero attached hydrogens (tertiary/aromatic N) is 12. The number of aromatic nitrogens is 12. The molecule has 0 aliphatic carbocycles. The lowest BCUT2D eigenvalue weighted by Crippen LogP contribution is -2.00. The van der Waals surface area contributed by atoms with Crippen molar-refractivity contribution in [2.24, 2.45) is 0 Å². The predicted molar refractivity (Wildman–Crippen MR) is 580 cm³/mol. The molecule has 0 fully saturated rings. The Morgan fingerprint density at radius 1 is 0.128 bits per heavy atom. The molecule has 12 heteroatoms. The van der Waals surface area contributed by atoms with Crippen LogP contribution in [-0.2, 0) is 0 Å². The largest absolute Gasteiger partial charge is 0.309 e. The maximum absolute atomic E-state index is 5.00. The summed E-state index contributed by atoms with van der Waals surface area (Å²) in [6, 6.07) is 178. The van der Waals surface area contributed by atoms with Gasteiger partial charge < -0.3 is 13.7 Å². The van der Waals surface area contributed by atoms with Crippen molar-refractivity contribution in [3.05, 3.63) is 510 Å². The topological polar surface area (TPSA) is 131 Å². The van der Waals surface area contributed by atoms with Crippen molar-refractivity contribution in [3.63, 3.8) is 0 Å². The number of hydrogen-bond donors (Lipinski definition) is 0. The maximum Gasteiger partial charge on any atom is 0.164 e. The molecule has 0 amide bonds. The van der Waals surface area contributed by atoms with Crippen LogP contribution in [0.1, 0.15) is 0 Å². The molecular formula is C129H84N12. The molecule has 0 bridgehead atoms. The minimum absolute atomic E-state index is 0.642. The van der Waals surface area contributed by atoms with Crippen LogP contribution in [0.5, 0.6) is 0 Å². The standard InChI is InChI=1S/3C43H28N4/c1-4-15-30(16-5-1)41-44-42(31-17-6-2-7-18-31)46-43(45-41)33-20-12-19-32(28-33)35-24-13-25-38-39(35)37-27-26-29-14-10-11-23-36(29)40(37)47(38)34-21-8-3-9-22-34;1-4-15-30(16-5-1)41-44-42(31-17-6-2-7-18-31)46-43(45-41)33-20-12-19-32(28-33)36-24-13-25-37-40(36)39-35-23-11-10-14-29(35)26-27-38(39)47(37)34-21-8-3-9-22-34;1-4-14-30(15-5-1)41-44-42(31-16-6-2-7-17-31)46-43(45-41)34-19-12-18-32(27-34)33-24-26-39-38(28-33)37-25-23-29-13-10-11-22-36(29)40(37)47(39)35-20-8-3-9-21-35/h3*1-28H. The number of fused-ring (bicyclic) bond motifs is 15. The molecule has 660 valence electrons. The third kappa shape index (κ3) is 15.9. The van der Waals surface area contributed by atoms with Crippen molar-refractivity contribution in [3.8, 4) is 153 Å². The van der Waals surface area contributed by atoms with E-state index in [2.05, 4.69) is 341 Å². The van der Waals surface area contributed by atoms with Gasteiger partial charge in [0.05, 0.1) is 33.1 Å². The summed E-state index contributed by atoms with van der Waals surface area (Å²) >= 11 is 0. The summed E-state index contributed by atoms with van der Waals surface area (Å²) in [5.41, 5.74) is 25.9. The lowest BCUT2D eigenvalue weighted by atomic mass is 9.95. The van der Waals surface area contributed by atoms with Gasteiger partial charge in [-0.2, -0.15) is 0 Å². The molecule has 0 radical (unpaired) electrons. The van der Waals surface area contributed by atoms with Gasteiger partial charge in [0.2, 0.25) is 0 Å². The van der Waals surface area contributed by atoms with Gasteiger partial charge in [0.1, 0.15) is 0 Å². The second kappa shape index (κ2) is 36.6. The summed E-state index contributed by atoms with van der Waals surface area (Å²) in [6.45, 7) is 0. The number of hydrogen-bond acceptors (Lipinski definition) is 9. The van der Waals surface area contributed by atoms with Gasteiger partial charge >= 0.3 is 0 Å². The molecule has 6 heterocycles. The first-order valence-corrected chi connectivity index (χ1v) is 47.4. The molecule has 27 aromatic rings. The van der Waals surface area contributed by atoms with Crippen molar-refractivity contribution in [1.29, 1.82) is 0 Å². The molecule has 0 saturated heterocycles. The van der Waals surface area contributed by atoms with Crippen molar-refractivity contribution < 1.29 is 0 Å². The first-order valence-electron chi connectivity index (χ1n) is 47.4. The summed E-state index contributed by atoms with van der Waals surface area (Å²) in [4.78, 5) is 44.6. The molecule has 27 rings (SSSR count). The van der Waals surface area contributed by atoms with Gasteiger partial charge in [0, 0.05) is 110 Å². The van der Waals surface area contributed by atoms with Crippen LogP contribution in [0.3, 0.4) is 0 Å². The van der Waals surface area contributed by atoms with E-state index in [-0.39, 0.29) is 0 Å². The fourth-order valence-corrected chi connectivity index (χ4v) is 19.9. The number of para-hydroxylation sites is 3. The summed E-state index contributed by atoms with van der Waals surface area (Å²) in [5, 5.41) is 14.8. The zero-order valence-corrected chi connectivity index (χ0v) is 76.4. The molecule has 6 aromatic heterocycles. The van der Waals surface area contributed by atoms with Crippen molar-refractivity contribution in [2.75, 3.05) is 0 Å². The Hall–Kier alpha value is -19.2. The van der Waals surface area contributed by atoms with E-state index < -0.39 is 0 Å². The van der Waals surface area contributed by atoms with Crippen LogP contribution in [0.2, 0.25) is 0 Å². The molecule has 12 nitrogen and oxygen atoms in total. The van der Waals surface area contributed by atoms with Gasteiger partial charge in [0.15, 0.2) is 52.4 Å². The van der Waals surface area contributed by atoms with Crippen molar-refractivity contribution >= 4 is 97.7 Å². The van der Waals surface area contributed by atoms with E-state index in [0.29, 0.717) is 52.4 Å². The first-order chi connectivity index (χ1) is 69.9. The molecule has 0 spiro atoms. The van der Waals surface area contributed by atoms with Crippen molar-refractivity contribution in [2.45, 2.75) is 0 Å². The average molecular weight is 1800 g/mol. The highest BCUT2D eigenvalue weighted by molar-refractivity contribution is 6.26. The first kappa shape index (κ1) is 83.6. The van der Waals surface area contributed by atoms with Gasteiger partial charge in [-0.25, -0.2) is 44.9 Å². The highest BCUT2D eigenvalue weighted by atomic mass is 15.1. The number of benzene rings is 21. The van der Waals surface area contributed by atoms with Crippen LogP contribution in [0.15, 0.2) is 510 Å². The van der Waals surface area contributed by atoms with Crippen LogP contribution in [0.4, 0.5) is 0 Å². The fraction of sp³-hybridized carbons (Fsp3) is 0. The van der Waals surface area contributed by atoms with E-state index in [0.717, 1.165) is 89.4 Å². The van der Waals surface area contributed by atoms with Crippen LogP contribution < -0.4 is 0 Å². The van der Waals surface area contributed by atoms with E-state index in [1.54, 1.807) is 0 Å². The molecule has 0 atom stereocenters. The SMILES string of the molecule is c1ccc(-c2nc(-c3ccccc3)nc(-c3cccc(-c4ccc5c(c4)c4ccc6ccccc6c4n5-c4ccccc4)c3)n2)cc1.c1ccc(-c2nc(-c3ccccc3)nc(-c3cccc(-c4cccc5c4c4c6ccccc6ccc4n5-c4ccccc4)c3)n2)cc1.c1ccc(-c2nc(-c3ccccc3)nc(-c3cccc(-c4cccc5c4c4ccc6ccccc6c4n5-c4ccccc4)c3)n2)cc1. The van der Waals surface area contributed by atoms with Crippen LogP contribution in [0.25, 0.3) is 251 Å². The highest BCUT2D eigenvalue weighted by Crippen LogP contribution is 2.47. The molecular weight excluding hydrogens is 1720 g/mol. The normalized spacial score (nSPS) is 11.4. The van der Waals surface area contributed by atoms with Crippen LogP contribution in [-0.4, -0.2) is 58.6 Å². The van der Waals surface area contributed by atoms with E-state index in [1.165, 1.54) is 109 Å². The smallest absolute Gasteiger partial charge is 0.164 e. The van der Waals surface area contributed by atoms with Gasteiger partial charge in [-0.1, -0.05) is 425 Å². The zero-order chi connectivity index (χ0) is 93.5. The molecule has 141 heavy (non-hydrogen) atoms. The summed E-state index contributed by atoms with van der Waals surface area (Å²) in [7, 11) is 0. The monoisotopic (exact) mass is 1800 g/mol. The molecule has 0 unspecified atom stereocenters. The lowest BCUT2D eigenvalue weighted by Gasteiger charge is -2.11. The average Bonchev–Trinajstić information content (AvgIpc) is 1.57. The zero-order valence-electron chi connectivity index (χ0n) is 76.4. The van der Waals surface area contributed by atoms with Crippen LogP contribution >= 0.6 is 0 Å². The molecule has 21 aromatic carbocycles. The Morgan fingerprint density at radius 2 is 0.390 bits per heavy atom. The highest BCUT2D eigenvalue weighted by Gasteiger charge is 2.25. The van der Waals surface area contributed by atoms with E-state index in [9.17, 15) is 0 Å². The van der Waals surface area contributed by atoms with E-state index in [1.807, 2.05) is 182 Å².